The zero-order valence-electron chi connectivity index (χ0n) is 17.1. The molecule has 0 saturated carbocycles. The van der Waals surface area contributed by atoms with Crippen LogP contribution >= 0.6 is 24.0 Å². The molecule has 0 radical (unpaired) electrons. The van der Waals surface area contributed by atoms with E-state index in [2.05, 4.69) is 34.2 Å². The Morgan fingerprint density at radius 2 is 2.00 bits per heavy atom. The van der Waals surface area contributed by atoms with Gasteiger partial charge in [-0.3, -0.25) is 4.99 Å². The zero-order valence-corrected chi connectivity index (χ0v) is 20.3. The summed E-state index contributed by atoms with van der Waals surface area (Å²) in [4.78, 5) is 4.51. The second-order valence-corrected chi connectivity index (χ2v) is 9.16. The van der Waals surface area contributed by atoms with Crippen molar-refractivity contribution in [3.63, 3.8) is 0 Å². The molecule has 1 aliphatic rings. The van der Waals surface area contributed by atoms with E-state index < -0.39 is 10.0 Å². The Labute approximate surface area is 183 Å². The van der Waals surface area contributed by atoms with Crippen LogP contribution in [0.25, 0.3) is 0 Å². The number of unbranched alkanes of at least 4 members (excludes halogenated alkanes) is 1. The van der Waals surface area contributed by atoms with Crippen LogP contribution in [-0.2, 0) is 14.8 Å². The van der Waals surface area contributed by atoms with E-state index in [-0.39, 0.29) is 35.8 Å². The number of nitrogens with zero attached hydrogens (tertiary/aromatic N) is 1. The number of hydrogen-bond donors (Lipinski definition) is 3. The van der Waals surface area contributed by atoms with Gasteiger partial charge >= 0.3 is 0 Å². The highest BCUT2D eigenvalue weighted by Crippen LogP contribution is 2.11. The van der Waals surface area contributed by atoms with Gasteiger partial charge in [0.2, 0.25) is 10.0 Å². The molecule has 0 aromatic carbocycles. The van der Waals surface area contributed by atoms with Crippen LogP contribution in [0.2, 0.25) is 0 Å². The molecule has 0 aromatic rings. The first-order valence-corrected chi connectivity index (χ1v) is 11.7. The largest absolute Gasteiger partial charge is 0.377 e. The third-order valence-corrected chi connectivity index (χ3v) is 5.62. The molecular formula is C18H39IN4O3S. The standard InChI is InChI=1S/C18H38N4O3S.HI/c1-4-19-18(20-11-7-5-9-16(2)3)21-12-14-26(23,24)22-15-17-10-6-8-13-25-17;/h16-17,22H,4-15H2,1-3H3,(H2,19,20,21);1H. The Balaban J connectivity index is 0.00000676. The summed E-state index contributed by atoms with van der Waals surface area (Å²) < 4.78 is 32.4. The van der Waals surface area contributed by atoms with Crippen LogP contribution in [0, 0.1) is 5.92 Å². The SMILES string of the molecule is CCNC(=NCCCCC(C)C)NCCS(=O)(=O)NCC1CCCCO1.I. The minimum absolute atomic E-state index is 0. The van der Waals surface area contributed by atoms with Gasteiger partial charge in [0.15, 0.2) is 5.96 Å². The van der Waals surface area contributed by atoms with E-state index in [1.54, 1.807) is 0 Å². The molecule has 1 saturated heterocycles. The maximum Gasteiger partial charge on any atom is 0.213 e. The van der Waals surface area contributed by atoms with Crippen molar-refractivity contribution >= 4 is 40.0 Å². The number of guanidine groups is 1. The molecule has 27 heavy (non-hydrogen) atoms. The molecule has 0 aliphatic carbocycles. The maximum atomic E-state index is 12.1. The lowest BCUT2D eigenvalue weighted by atomic mass is 10.1. The topological polar surface area (TPSA) is 91.8 Å². The molecule has 0 bridgehead atoms. The lowest BCUT2D eigenvalue weighted by Crippen LogP contribution is -2.42. The smallest absolute Gasteiger partial charge is 0.213 e. The van der Waals surface area contributed by atoms with E-state index in [0.29, 0.717) is 19.0 Å². The Bertz CT molecular complexity index is 495. The quantitative estimate of drug-likeness (QED) is 0.160. The molecule has 9 heteroatoms. The van der Waals surface area contributed by atoms with E-state index >= 15 is 0 Å². The number of rotatable bonds is 12. The predicted octanol–water partition coefficient (Wildman–Crippen LogP) is 2.47. The van der Waals surface area contributed by atoms with Gasteiger partial charge in [0.25, 0.3) is 0 Å². The van der Waals surface area contributed by atoms with Crippen LogP contribution in [0.5, 0.6) is 0 Å². The Morgan fingerprint density at radius 1 is 1.22 bits per heavy atom. The van der Waals surface area contributed by atoms with Crippen LogP contribution < -0.4 is 15.4 Å². The summed E-state index contributed by atoms with van der Waals surface area (Å²) in [6.45, 7) is 9.39. The monoisotopic (exact) mass is 518 g/mol. The lowest BCUT2D eigenvalue weighted by molar-refractivity contribution is 0.0200. The van der Waals surface area contributed by atoms with Crippen molar-refractivity contribution in [1.82, 2.24) is 15.4 Å². The van der Waals surface area contributed by atoms with Crippen molar-refractivity contribution in [2.45, 2.75) is 65.4 Å². The minimum atomic E-state index is -3.31. The van der Waals surface area contributed by atoms with Crippen LogP contribution in [0.15, 0.2) is 4.99 Å². The van der Waals surface area contributed by atoms with Crippen molar-refractivity contribution < 1.29 is 13.2 Å². The van der Waals surface area contributed by atoms with Crippen molar-refractivity contribution in [3.05, 3.63) is 0 Å². The lowest BCUT2D eigenvalue weighted by Gasteiger charge is -2.22. The molecule has 162 valence electrons. The van der Waals surface area contributed by atoms with E-state index in [9.17, 15) is 8.42 Å². The zero-order chi connectivity index (χ0) is 19.3. The van der Waals surface area contributed by atoms with Gasteiger partial charge in [0.05, 0.1) is 11.9 Å². The van der Waals surface area contributed by atoms with Gasteiger partial charge in [-0.15, -0.1) is 24.0 Å². The van der Waals surface area contributed by atoms with Gasteiger partial charge in [0, 0.05) is 32.8 Å². The molecular weight excluding hydrogens is 479 g/mol. The Hall–Kier alpha value is -0.130. The van der Waals surface area contributed by atoms with Crippen molar-refractivity contribution in [2.24, 2.45) is 10.9 Å². The highest BCUT2D eigenvalue weighted by Gasteiger charge is 2.17. The van der Waals surface area contributed by atoms with Gasteiger partial charge in [-0.2, -0.15) is 0 Å². The van der Waals surface area contributed by atoms with E-state index in [1.165, 1.54) is 12.8 Å². The van der Waals surface area contributed by atoms with Crippen LogP contribution in [0.3, 0.4) is 0 Å². The second-order valence-electron chi connectivity index (χ2n) is 7.23. The summed E-state index contributed by atoms with van der Waals surface area (Å²) in [6.07, 6.45) is 6.54. The van der Waals surface area contributed by atoms with Crippen LogP contribution in [0.1, 0.15) is 59.3 Å². The van der Waals surface area contributed by atoms with Gasteiger partial charge in [0.1, 0.15) is 0 Å². The highest BCUT2D eigenvalue weighted by molar-refractivity contribution is 14.0. The first-order chi connectivity index (χ1) is 12.4. The van der Waals surface area contributed by atoms with Crippen LogP contribution in [0.4, 0.5) is 0 Å². The normalized spacial score (nSPS) is 18.2. The summed E-state index contributed by atoms with van der Waals surface area (Å²) in [5.41, 5.74) is 0. The fourth-order valence-corrected chi connectivity index (χ4v) is 3.72. The average Bonchev–Trinajstić information content (AvgIpc) is 2.60. The molecule has 0 aromatic heterocycles. The molecule has 1 heterocycles. The summed E-state index contributed by atoms with van der Waals surface area (Å²) >= 11 is 0. The summed E-state index contributed by atoms with van der Waals surface area (Å²) in [5, 5.41) is 6.26. The Morgan fingerprint density at radius 3 is 2.63 bits per heavy atom. The molecule has 1 fully saturated rings. The molecule has 0 spiro atoms. The number of nitrogens with one attached hydrogen (secondary N) is 3. The molecule has 0 amide bonds. The summed E-state index contributed by atoms with van der Waals surface area (Å²) in [6, 6.07) is 0. The average molecular weight is 519 g/mol. The van der Waals surface area contributed by atoms with E-state index in [4.69, 9.17) is 4.74 Å². The van der Waals surface area contributed by atoms with Crippen molar-refractivity contribution in [2.75, 3.05) is 38.5 Å². The molecule has 1 rings (SSSR count). The number of sulfonamides is 1. The van der Waals surface area contributed by atoms with Gasteiger partial charge < -0.3 is 15.4 Å². The molecule has 7 nitrogen and oxygen atoms in total. The third-order valence-electron chi connectivity index (χ3n) is 4.27. The fraction of sp³-hybridized carbons (Fsp3) is 0.944. The molecule has 3 N–H and O–H groups in total. The minimum Gasteiger partial charge on any atom is -0.377 e. The number of aliphatic imine (C=N–C) groups is 1. The van der Waals surface area contributed by atoms with Crippen molar-refractivity contribution in [1.29, 1.82) is 0 Å². The highest BCUT2D eigenvalue weighted by atomic mass is 127. The number of ether oxygens (including phenoxy) is 1. The summed E-state index contributed by atoms with van der Waals surface area (Å²) in [7, 11) is -3.31. The molecule has 1 unspecified atom stereocenters. The van der Waals surface area contributed by atoms with E-state index in [1.807, 2.05) is 6.92 Å². The first-order valence-electron chi connectivity index (χ1n) is 10.0. The predicted molar refractivity (Wildman–Crippen MR) is 123 cm³/mol. The Kier molecular flexibility index (Phi) is 15.7. The van der Waals surface area contributed by atoms with Crippen LogP contribution in [-0.4, -0.2) is 59.0 Å². The number of hydrogen-bond acceptors (Lipinski definition) is 4. The first kappa shape index (κ1) is 26.9. The number of halogens is 1. The third kappa shape index (κ3) is 14.5. The maximum absolute atomic E-state index is 12.1. The van der Waals surface area contributed by atoms with Crippen molar-refractivity contribution in [3.8, 4) is 0 Å². The molecule has 1 aliphatic heterocycles. The van der Waals surface area contributed by atoms with Gasteiger partial charge in [-0.25, -0.2) is 13.1 Å². The molecule has 1 atom stereocenters. The van der Waals surface area contributed by atoms with E-state index in [0.717, 1.165) is 51.3 Å². The second kappa shape index (κ2) is 15.8. The van der Waals surface area contributed by atoms with Gasteiger partial charge in [-0.1, -0.05) is 26.7 Å². The summed E-state index contributed by atoms with van der Waals surface area (Å²) in [5.74, 6) is 1.43. The van der Waals surface area contributed by atoms with Gasteiger partial charge in [-0.05, 0) is 38.5 Å². The fourth-order valence-electron chi connectivity index (χ4n) is 2.76.